The molecule has 1 aliphatic carbocycles. The van der Waals surface area contributed by atoms with E-state index in [1.54, 1.807) is 12.1 Å². The average molecular weight is 282 g/mol. The van der Waals surface area contributed by atoms with Crippen LogP contribution in [-0.4, -0.2) is 12.4 Å². The number of rotatable bonds is 4. The lowest BCUT2D eigenvalue weighted by Gasteiger charge is -2.31. The number of benzene rings is 1. The SMILES string of the molecule is CC1CCC(C(=O)c2cccc(OC(F)F)c2)CC1C. The van der Waals surface area contributed by atoms with E-state index in [-0.39, 0.29) is 17.5 Å². The van der Waals surface area contributed by atoms with Crippen LogP contribution in [0.15, 0.2) is 24.3 Å². The number of ketones is 1. The Morgan fingerprint density at radius 1 is 1.25 bits per heavy atom. The molecule has 3 atom stereocenters. The van der Waals surface area contributed by atoms with E-state index < -0.39 is 6.61 Å². The van der Waals surface area contributed by atoms with Gasteiger partial charge in [0.15, 0.2) is 5.78 Å². The lowest BCUT2D eigenvalue weighted by molar-refractivity contribution is -0.0498. The summed E-state index contributed by atoms with van der Waals surface area (Å²) >= 11 is 0. The summed E-state index contributed by atoms with van der Waals surface area (Å²) in [4.78, 5) is 12.4. The standard InChI is InChI=1S/C16H20F2O2/c1-10-6-7-13(8-11(10)2)15(19)12-4-3-5-14(9-12)20-16(17)18/h3-5,9-11,13,16H,6-8H2,1-2H3. The van der Waals surface area contributed by atoms with Crippen molar-refractivity contribution in [3.63, 3.8) is 0 Å². The highest BCUT2D eigenvalue weighted by molar-refractivity contribution is 5.98. The molecular formula is C16H20F2O2. The van der Waals surface area contributed by atoms with Gasteiger partial charge in [-0.25, -0.2) is 0 Å². The second-order valence-electron chi connectivity index (χ2n) is 5.74. The molecule has 4 heteroatoms. The molecule has 110 valence electrons. The van der Waals surface area contributed by atoms with Crippen LogP contribution in [0.4, 0.5) is 8.78 Å². The number of carbonyl (C=O) groups is 1. The topological polar surface area (TPSA) is 26.3 Å². The van der Waals surface area contributed by atoms with Crippen LogP contribution in [0.1, 0.15) is 43.5 Å². The quantitative estimate of drug-likeness (QED) is 0.758. The number of alkyl halides is 2. The van der Waals surface area contributed by atoms with E-state index in [4.69, 9.17) is 0 Å². The second-order valence-corrected chi connectivity index (χ2v) is 5.74. The van der Waals surface area contributed by atoms with Gasteiger partial charge in [0, 0.05) is 11.5 Å². The molecule has 1 fully saturated rings. The normalized spacial score (nSPS) is 26.6. The molecule has 0 aliphatic heterocycles. The van der Waals surface area contributed by atoms with Crippen molar-refractivity contribution in [2.45, 2.75) is 39.7 Å². The van der Waals surface area contributed by atoms with Gasteiger partial charge in [-0.05, 0) is 43.2 Å². The van der Waals surface area contributed by atoms with Crippen molar-refractivity contribution in [2.24, 2.45) is 17.8 Å². The molecule has 2 rings (SSSR count). The zero-order valence-electron chi connectivity index (χ0n) is 11.8. The monoisotopic (exact) mass is 282 g/mol. The predicted molar refractivity (Wildman–Crippen MR) is 73.1 cm³/mol. The lowest BCUT2D eigenvalue weighted by atomic mass is 9.73. The maximum Gasteiger partial charge on any atom is 0.387 e. The molecule has 2 nitrogen and oxygen atoms in total. The Bertz CT molecular complexity index is 473. The van der Waals surface area contributed by atoms with Gasteiger partial charge < -0.3 is 4.74 Å². The third-order valence-corrected chi connectivity index (χ3v) is 4.31. The summed E-state index contributed by atoms with van der Waals surface area (Å²) in [6.07, 6.45) is 2.80. The Kier molecular flexibility index (Phi) is 4.73. The first-order valence-corrected chi connectivity index (χ1v) is 7.06. The Labute approximate surface area is 118 Å². The third kappa shape index (κ3) is 3.56. The van der Waals surface area contributed by atoms with Crippen LogP contribution in [0.5, 0.6) is 5.75 Å². The van der Waals surface area contributed by atoms with E-state index in [0.717, 1.165) is 19.3 Å². The molecule has 0 bridgehead atoms. The molecule has 1 aromatic rings. The fourth-order valence-corrected chi connectivity index (χ4v) is 2.85. The van der Waals surface area contributed by atoms with Crippen molar-refractivity contribution in [3.8, 4) is 5.75 Å². The number of carbonyl (C=O) groups excluding carboxylic acids is 1. The van der Waals surface area contributed by atoms with Crippen LogP contribution < -0.4 is 4.74 Å². The molecular weight excluding hydrogens is 262 g/mol. The van der Waals surface area contributed by atoms with Gasteiger partial charge in [0.1, 0.15) is 5.75 Å². The van der Waals surface area contributed by atoms with E-state index in [1.807, 2.05) is 0 Å². The van der Waals surface area contributed by atoms with Crippen LogP contribution in [-0.2, 0) is 0 Å². The number of ether oxygens (including phenoxy) is 1. The fraction of sp³-hybridized carbons (Fsp3) is 0.562. The van der Waals surface area contributed by atoms with Crippen molar-refractivity contribution in [3.05, 3.63) is 29.8 Å². The summed E-state index contributed by atoms with van der Waals surface area (Å²) < 4.78 is 28.7. The van der Waals surface area contributed by atoms with Gasteiger partial charge in [-0.3, -0.25) is 4.79 Å². The Morgan fingerprint density at radius 3 is 2.65 bits per heavy atom. The van der Waals surface area contributed by atoms with Gasteiger partial charge in [0.25, 0.3) is 0 Å². The number of Topliss-reactive ketones (excluding diaryl/α,β-unsaturated/α-hetero) is 1. The molecule has 1 aromatic carbocycles. The van der Waals surface area contributed by atoms with Crippen molar-refractivity contribution in [1.82, 2.24) is 0 Å². The Balaban J connectivity index is 2.09. The molecule has 0 N–H and O–H groups in total. The van der Waals surface area contributed by atoms with Gasteiger partial charge in [-0.1, -0.05) is 26.0 Å². The molecule has 0 amide bonds. The molecule has 0 radical (unpaired) electrons. The summed E-state index contributed by atoms with van der Waals surface area (Å²) in [6, 6.07) is 6.11. The fourth-order valence-electron chi connectivity index (χ4n) is 2.85. The maximum atomic E-state index is 12.4. The summed E-state index contributed by atoms with van der Waals surface area (Å²) in [6.45, 7) is 1.51. The van der Waals surface area contributed by atoms with E-state index >= 15 is 0 Å². The number of hydrogen-bond acceptors (Lipinski definition) is 2. The van der Waals surface area contributed by atoms with Gasteiger partial charge in [-0.15, -0.1) is 0 Å². The predicted octanol–water partition coefficient (Wildman–Crippen LogP) is 4.54. The highest BCUT2D eigenvalue weighted by Gasteiger charge is 2.29. The molecule has 0 saturated heterocycles. The summed E-state index contributed by atoms with van der Waals surface area (Å²) in [7, 11) is 0. The first kappa shape index (κ1) is 14.9. The Morgan fingerprint density at radius 2 is 2.00 bits per heavy atom. The zero-order chi connectivity index (χ0) is 14.7. The van der Waals surface area contributed by atoms with Crippen LogP contribution in [0, 0.1) is 17.8 Å². The Hall–Kier alpha value is -1.45. The van der Waals surface area contributed by atoms with Gasteiger partial charge in [-0.2, -0.15) is 8.78 Å². The van der Waals surface area contributed by atoms with E-state index in [1.165, 1.54) is 12.1 Å². The van der Waals surface area contributed by atoms with Gasteiger partial charge in [0.05, 0.1) is 0 Å². The minimum absolute atomic E-state index is 0.00278. The minimum atomic E-state index is -2.86. The number of halogens is 2. The van der Waals surface area contributed by atoms with E-state index in [0.29, 0.717) is 17.4 Å². The van der Waals surface area contributed by atoms with Crippen molar-refractivity contribution >= 4 is 5.78 Å². The van der Waals surface area contributed by atoms with Crippen LogP contribution in [0.2, 0.25) is 0 Å². The van der Waals surface area contributed by atoms with Crippen molar-refractivity contribution < 1.29 is 18.3 Å². The van der Waals surface area contributed by atoms with Crippen LogP contribution in [0.25, 0.3) is 0 Å². The average Bonchev–Trinajstić information content (AvgIpc) is 2.40. The van der Waals surface area contributed by atoms with E-state index in [9.17, 15) is 13.6 Å². The van der Waals surface area contributed by atoms with Gasteiger partial charge in [0.2, 0.25) is 0 Å². The third-order valence-electron chi connectivity index (χ3n) is 4.31. The summed E-state index contributed by atoms with van der Waals surface area (Å²) in [5.74, 6) is 1.26. The molecule has 0 aromatic heterocycles. The molecule has 0 heterocycles. The second kappa shape index (κ2) is 6.33. The number of hydrogen-bond donors (Lipinski definition) is 0. The van der Waals surface area contributed by atoms with Crippen molar-refractivity contribution in [1.29, 1.82) is 0 Å². The van der Waals surface area contributed by atoms with Crippen LogP contribution in [0.3, 0.4) is 0 Å². The molecule has 0 spiro atoms. The molecule has 1 aliphatic rings. The van der Waals surface area contributed by atoms with Crippen LogP contribution >= 0.6 is 0 Å². The lowest BCUT2D eigenvalue weighted by Crippen LogP contribution is -2.26. The maximum absolute atomic E-state index is 12.4. The molecule has 3 unspecified atom stereocenters. The first-order chi connectivity index (χ1) is 9.47. The molecule has 1 saturated carbocycles. The molecule has 20 heavy (non-hydrogen) atoms. The summed E-state index contributed by atoms with van der Waals surface area (Å²) in [5, 5.41) is 0. The highest BCUT2D eigenvalue weighted by atomic mass is 19.3. The highest BCUT2D eigenvalue weighted by Crippen LogP contribution is 2.35. The van der Waals surface area contributed by atoms with Gasteiger partial charge >= 0.3 is 6.61 Å². The zero-order valence-corrected chi connectivity index (χ0v) is 11.8. The minimum Gasteiger partial charge on any atom is -0.435 e. The smallest absolute Gasteiger partial charge is 0.387 e. The van der Waals surface area contributed by atoms with Crippen molar-refractivity contribution in [2.75, 3.05) is 0 Å². The van der Waals surface area contributed by atoms with E-state index in [2.05, 4.69) is 18.6 Å². The summed E-state index contributed by atoms with van der Waals surface area (Å²) in [5.41, 5.74) is 0.468. The first-order valence-electron chi connectivity index (χ1n) is 7.06. The largest absolute Gasteiger partial charge is 0.435 e.